The summed E-state index contributed by atoms with van der Waals surface area (Å²) in [7, 11) is -0.638. The number of rotatable bonds is 2. The lowest BCUT2D eigenvalue weighted by Gasteiger charge is -2.10. The van der Waals surface area contributed by atoms with Crippen LogP contribution in [-0.4, -0.2) is 20.0 Å². The van der Waals surface area contributed by atoms with Gasteiger partial charge in [0.25, 0.3) is 0 Å². The predicted molar refractivity (Wildman–Crippen MR) is 54.8 cm³/mol. The van der Waals surface area contributed by atoms with Gasteiger partial charge in [0.1, 0.15) is 0 Å². The minimum absolute atomic E-state index is 0. The van der Waals surface area contributed by atoms with Gasteiger partial charge in [-0.15, -0.1) is 0 Å². The van der Waals surface area contributed by atoms with Crippen LogP contribution in [0.5, 0.6) is 0 Å². The third kappa shape index (κ3) is 5.10. The van der Waals surface area contributed by atoms with Gasteiger partial charge in [-0.3, -0.25) is 0 Å². The van der Waals surface area contributed by atoms with E-state index in [0.29, 0.717) is 0 Å². The lowest BCUT2D eigenvalue weighted by Crippen LogP contribution is -3.00. The average Bonchev–Trinajstić information content (AvgIpc) is 1.85. The third-order valence-corrected chi connectivity index (χ3v) is 2.81. The van der Waals surface area contributed by atoms with Crippen LogP contribution < -0.4 is 24.0 Å². The number of benzene rings is 1. The zero-order valence-corrected chi connectivity index (χ0v) is 11.0. The molecule has 0 bridgehead atoms. The fraction of sp³-hybridized carbons (Fsp3) is 0.400. The summed E-state index contributed by atoms with van der Waals surface area (Å²) in [6.07, 6.45) is 1.27. The molecule has 0 heterocycles. The van der Waals surface area contributed by atoms with Crippen molar-refractivity contribution in [2.24, 2.45) is 0 Å². The van der Waals surface area contributed by atoms with Crippen molar-refractivity contribution in [3.05, 3.63) is 35.9 Å². The lowest BCUT2D eigenvalue weighted by molar-refractivity contribution is -0.00000262. The second-order valence-electron chi connectivity index (χ2n) is 3.93. The highest BCUT2D eigenvalue weighted by atomic mass is 127. The van der Waals surface area contributed by atoms with Gasteiger partial charge in [0, 0.05) is 27.3 Å². The molecule has 0 unspecified atom stereocenters. The molecule has 0 spiro atoms. The molecule has 0 aliphatic carbocycles. The summed E-state index contributed by atoms with van der Waals surface area (Å²) in [4.78, 5) is 0. The summed E-state index contributed by atoms with van der Waals surface area (Å²) >= 11 is 0. The Labute approximate surface area is 93.1 Å². The van der Waals surface area contributed by atoms with Crippen molar-refractivity contribution in [3.63, 3.8) is 0 Å². The van der Waals surface area contributed by atoms with Crippen LogP contribution in [0.3, 0.4) is 0 Å². The molecule has 0 nitrogen and oxygen atoms in total. The maximum atomic E-state index is 2.38. The minimum Gasteiger partial charge on any atom is -1.00 e. The van der Waals surface area contributed by atoms with Crippen molar-refractivity contribution in [3.8, 4) is 0 Å². The van der Waals surface area contributed by atoms with E-state index in [-0.39, 0.29) is 24.0 Å². The van der Waals surface area contributed by atoms with E-state index in [1.807, 2.05) is 0 Å². The highest BCUT2D eigenvalue weighted by Crippen LogP contribution is 2.49. The fourth-order valence-corrected chi connectivity index (χ4v) is 2.44. The van der Waals surface area contributed by atoms with Crippen molar-refractivity contribution in [2.75, 3.05) is 20.0 Å². The van der Waals surface area contributed by atoms with E-state index in [9.17, 15) is 0 Å². The zero-order valence-electron chi connectivity index (χ0n) is 7.92. The molecule has 0 atom stereocenters. The van der Waals surface area contributed by atoms with Crippen LogP contribution in [0, 0.1) is 0 Å². The highest BCUT2D eigenvalue weighted by molar-refractivity contribution is 7.72. The molecule has 0 aromatic heterocycles. The van der Waals surface area contributed by atoms with Crippen LogP contribution in [0.4, 0.5) is 0 Å². The van der Waals surface area contributed by atoms with Crippen LogP contribution in [0.2, 0.25) is 0 Å². The van der Waals surface area contributed by atoms with E-state index < -0.39 is 7.26 Å². The van der Waals surface area contributed by atoms with E-state index in [0.717, 1.165) is 0 Å². The van der Waals surface area contributed by atoms with Gasteiger partial charge in [0.15, 0.2) is 0 Å². The summed E-state index contributed by atoms with van der Waals surface area (Å²) in [5.41, 5.74) is 1.48. The Morgan fingerprint density at radius 2 is 1.50 bits per heavy atom. The zero-order chi connectivity index (χ0) is 8.32. The molecule has 12 heavy (non-hydrogen) atoms. The second-order valence-corrected chi connectivity index (χ2v) is 8.83. The topological polar surface area (TPSA) is 0 Å². The maximum Gasteiger partial charge on any atom is 0.0834 e. The Bertz CT molecular complexity index is 213. The molecule has 1 aromatic carbocycles. The number of hydrogen-bond donors (Lipinski definition) is 0. The van der Waals surface area contributed by atoms with Gasteiger partial charge < -0.3 is 24.0 Å². The molecule has 1 aromatic rings. The molecule has 68 valence electrons. The lowest BCUT2D eigenvalue weighted by atomic mass is 10.2. The molecule has 0 fully saturated rings. The van der Waals surface area contributed by atoms with E-state index in [4.69, 9.17) is 0 Å². The normalized spacial score (nSPS) is 10.6. The van der Waals surface area contributed by atoms with Crippen molar-refractivity contribution >= 4 is 7.26 Å². The average molecular weight is 294 g/mol. The number of hydrogen-bond acceptors (Lipinski definition) is 0. The Hall–Kier alpha value is 0.380. The van der Waals surface area contributed by atoms with Crippen LogP contribution in [0.25, 0.3) is 0 Å². The standard InChI is InChI=1S/C10H16P.HI/c1-11(2,3)9-10-7-5-4-6-8-10;/h4-8H,9H2,1-3H3;1H/q+1;/p-1. The maximum absolute atomic E-state index is 2.38. The van der Waals surface area contributed by atoms with Crippen molar-refractivity contribution in [1.29, 1.82) is 0 Å². The quantitative estimate of drug-likeness (QED) is 0.536. The van der Waals surface area contributed by atoms with Crippen LogP contribution in [-0.2, 0) is 6.16 Å². The summed E-state index contributed by atoms with van der Waals surface area (Å²) < 4.78 is 0. The first kappa shape index (κ1) is 12.4. The minimum atomic E-state index is -0.638. The molecule has 0 N–H and O–H groups in total. The Morgan fingerprint density at radius 3 is 1.92 bits per heavy atom. The van der Waals surface area contributed by atoms with Gasteiger partial charge in [-0.25, -0.2) is 0 Å². The van der Waals surface area contributed by atoms with Gasteiger partial charge in [0.05, 0.1) is 6.16 Å². The summed E-state index contributed by atoms with van der Waals surface area (Å²) in [6.45, 7) is 7.12. The molecule has 0 amide bonds. The van der Waals surface area contributed by atoms with Gasteiger partial charge in [-0.1, -0.05) is 30.3 Å². The Kier molecular flexibility index (Phi) is 5.35. The van der Waals surface area contributed by atoms with E-state index in [1.54, 1.807) is 0 Å². The van der Waals surface area contributed by atoms with Gasteiger partial charge in [-0.2, -0.15) is 0 Å². The molecular formula is C10H16IP. The molecule has 0 aliphatic heterocycles. The van der Waals surface area contributed by atoms with Crippen LogP contribution in [0.15, 0.2) is 30.3 Å². The van der Waals surface area contributed by atoms with Gasteiger partial charge >= 0.3 is 0 Å². The largest absolute Gasteiger partial charge is 1.00 e. The summed E-state index contributed by atoms with van der Waals surface area (Å²) in [5.74, 6) is 0. The summed E-state index contributed by atoms with van der Waals surface area (Å²) in [5, 5.41) is 0. The van der Waals surface area contributed by atoms with E-state index in [1.165, 1.54) is 11.7 Å². The fourth-order valence-electron chi connectivity index (χ4n) is 1.13. The van der Waals surface area contributed by atoms with Gasteiger partial charge in [0.2, 0.25) is 0 Å². The summed E-state index contributed by atoms with van der Waals surface area (Å²) in [6, 6.07) is 10.7. The van der Waals surface area contributed by atoms with Crippen molar-refractivity contribution < 1.29 is 24.0 Å². The molecule has 0 aliphatic rings. The molecule has 2 heteroatoms. The monoisotopic (exact) mass is 294 g/mol. The third-order valence-electron chi connectivity index (χ3n) is 1.50. The smallest absolute Gasteiger partial charge is 0.0834 e. The highest BCUT2D eigenvalue weighted by Gasteiger charge is 2.16. The second kappa shape index (κ2) is 5.18. The number of halogens is 1. The molecule has 0 radical (unpaired) electrons. The molecular weight excluding hydrogens is 278 g/mol. The van der Waals surface area contributed by atoms with E-state index >= 15 is 0 Å². The molecule has 0 saturated heterocycles. The van der Waals surface area contributed by atoms with Crippen molar-refractivity contribution in [1.82, 2.24) is 0 Å². The van der Waals surface area contributed by atoms with E-state index in [2.05, 4.69) is 50.3 Å². The Morgan fingerprint density at radius 1 is 1.00 bits per heavy atom. The first-order valence-corrected chi connectivity index (χ1v) is 7.24. The first-order valence-electron chi connectivity index (χ1n) is 3.92. The van der Waals surface area contributed by atoms with Gasteiger partial charge in [-0.05, 0) is 5.56 Å². The van der Waals surface area contributed by atoms with Crippen molar-refractivity contribution in [2.45, 2.75) is 6.16 Å². The van der Waals surface area contributed by atoms with Crippen LogP contribution >= 0.6 is 7.26 Å². The molecule has 0 saturated carbocycles. The van der Waals surface area contributed by atoms with Crippen LogP contribution in [0.1, 0.15) is 5.56 Å². The first-order chi connectivity index (χ1) is 5.08. The SMILES string of the molecule is C[P+](C)(C)Cc1ccccc1.[I-]. The predicted octanol–water partition coefficient (Wildman–Crippen LogP) is 0.0976. The Balaban J connectivity index is 0.00000121. The molecule has 1 rings (SSSR count).